The highest BCUT2D eigenvalue weighted by atomic mass is 79.9. The molecule has 1 heterocycles. The van der Waals surface area contributed by atoms with E-state index in [4.69, 9.17) is 4.74 Å². The van der Waals surface area contributed by atoms with Crippen LogP contribution in [-0.4, -0.2) is 18.7 Å². The lowest BCUT2D eigenvalue weighted by molar-refractivity contribution is -0.147. The number of nitrogens with one attached hydrogen (secondary N) is 1. The third-order valence-corrected chi connectivity index (χ3v) is 5.68. The van der Waals surface area contributed by atoms with Gasteiger partial charge in [-0.2, -0.15) is 0 Å². The predicted molar refractivity (Wildman–Crippen MR) is 85.8 cm³/mol. The van der Waals surface area contributed by atoms with E-state index in [2.05, 4.69) is 35.1 Å². The third kappa shape index (κ3) is 3.33. The van der Waals surface area contributed by atoms with Crippen molar-refractivity contribution in [3.05, 3.63) is 34.1 Å². The largest absolute Gasteiger partial charge is 0.364 e. The zero-order chi connectivity index (χ0) is 15.1. The summed E-state index contributed by atoms with van der Waals surface area (Å²) in [5, 5.41) is 3.52. The highest BCUT2D eigenvalue weighted by molar-refractivity contribution is 9.10. The molecule has 1 aliphatic heterocycles. The fraction of sp³-hybridized carbons (Fsp3) is 0.647. The molecule has 116 valence electrons. The number of ether oxygens (including phenoxy) is 1. The molecule has 0 bridgehead atoms. The minimum Gasteiger partial charge on any atom is -0.364 e. The topological polar surface area (TPSA) is 21.3 Å². The van der Waals surface area contributed by atoms with Gasteiger partial charge in [0.2, 0.25) is 0 Å². The number of rotatable bonds is 1. The van der Waals surface area contributed by atoms with E-state index in [-0.39, 0.29) is 17.5 Å². The number of hydrogen-bond acceptors (Lipinski definition) is 2. The Kier molecular flexibility index (Phi) is 4.15. The molecule has 0 radical (unpaired) electrons. The Hall–Kier alpha value is -0.450. The second-order valence-corrected chi connectivity index (χ2v) is 8.10. The van der Waals surface area contributed by atoms with Gasteiger partial charge in [-0.3, -0.25) is 0 Å². The van der Waals surface area contributed by atoms with Crippen LogP contribution in [0.4, 0.5) is 4.39 Å². The lowest BCUT2D eigenvalue weighted by atomic mass is 9.70. The molecule has 2 aliphatic rings. The van der Waals surface area contributed by atoms with Crippen molar-refractivity contribution in [3.63, 3.8) is 0 Å². The summed E-state index contributed by atoms with van der Waals surface area (Å²) in [7, 11) is 0. The molecule has 1 saturated heterocycles. The van der Waals surface area contributed by atoms with Gasteiger partial charge in [-0.15, -0.1) is 0 Å². The first kappa shape index (κ1) is 15.4. The smallest absolute Gasteiger partial charge is 0.124 e. The standard InChI is InChI=1S/C17H23BrFNO/c1-16(2)5-7-17(8-6-16)11-20-10-15(21-17)13-4-3-12(19)9-14(13)18/h3-4,9,15,20H,5-8,10-11H2,1-2H3. The molecule has 2 nitrogen and oxygen atoms in total. The summed E-state index contributed by atoms with van der Waals surface area (Å²) in [5.41, 5.74) is 1.41. The van der Waals surface area contributed by atoms with Crippen LogP contribution in [-0.2, 0) is 4.74 Å². The molecule has 2 fully saturated rings. The summed E-state index contributed by atoms with van der Waals surface area (Å²) < 4.78 is 20.6. The van der Waals surface area contributed by atoms with E-state index < -0.39 is 0 Å². The summed E-state index contributed by atoms with van der Waals surface area (Å²) in [6.07, 6.45) is 4.60. The molecule has 1 aromatic carbocycles. The first-order chi connectivity index (χ1) is 9.89. The highest BCUT2D eigenvalue weighted by Crippen LogP contribution is 2.45. The van der Waals surface area contributed by atoms with Gasteiger partial charge in [0, 0.05) is 17.6 Å². The van der Waals surface area contributed by atoms with E-state index in [1.165, 1.54) is 25.0 Å². The molecule has 1 atom stereocenters. The van der Waals surface area contributed by atoms with Gasteiger partial charge in [0.25, 0.3) is 0 Å². The third-order valence-electron chi connectivity index (χ3n) is 4.99. The number of benzene rings is 1. The Labute approximate surface area is 134 Å². The first-order valence-electron chi connectivity index (χ1n) is 7.73. The summed E-state index contributed by atoms with van der Waals surface area (Å²) in [4.78, 5) is 0. The van der Waals surface area contributed by atoms with Gasteiger partial charge in [0.15, 0.2) is 0 Å². The van der Waals surface area contributed by atoms with Gasteiger partial charge in [-0.25, -0.2) is 4.39 Å². The van der Waals surface area contributed by atoms with Crippen LogP contribution in [0, 0.1) is 11.2 Å². The minimum atomic E-state index is -0.219. The van der Waals surface area contributed by atoms with Gasteiger partial charge < -0.3 is 10.1 Å². The number of morpholine rings is 1. The van der Waals surface area contributed by atoms with Crippen LogP contribution in [0.5, 0.6) is 0 Å². The van der Waals surface area contributed by atoms with Gasteiger partial charge in [-0.1, -0.05) is 35.8 Å². The molecular formula is C17H23BrFNO. The highest BCUT2D eigenvalue weighted by Gasteiger charge is 2.43. The second kappa shape index (κ2) is 5.64. The average Bonchev–Trinajstić information content (AvgIpc) is 2.43. The minimum absolute atomic E-state index is 0.00469. The molecular weight excluding hydrogens is 333 g/mol. The van der Waals surface area contributed by atoms with Crippen LogP contribution in [0.3, 0.4) is 0 Å². The molecule has 1 spiro atoms. The molecule has 1 aromatic rings. The molecule has 0 amide bonds. The maximum atomic E-state index is 13.3. The van der Waals surface area contributed by atoms with Crippen molar-refractivity contribution in [2.75, 3.05) is 13.1 Å². The summed E-state index contributed by atoms with van der Waals surface area (Å²) in [5.74, 6) is -0.219. The lowest BCUT2D eigenvalue weighted by Gasteiger charge is -2.48. The fourth-order valence-corrected chi connectivity index (χ4v) is 4.04. The lowest BCUT2D eigenvalue weighted by Crippen LogP contribution is -2.53. The Morgan fingerprint density at radius 1 is 1.24 bits per heavy atom. The van der Waals surface area contributed by atoms with Crippen LogP contribution >= 0.6 is 15.9 Å². The number of halogens is 2. The molecule has 1 saturated carbocycles. The van der Waals surface area contributed by atoms with Crippen LogP contribution < -0.4 is 5.32 Å². The van der Waals surface area contributed by atoms with Crippen molar-refractivity contribution in [1.29, 1.82) is 0 Å². The van der Waals surface area contributed by atoms with Crippen LogP contribution in [0.1, 0.15) is 51.2 Å². The van der Waals surface area contributed by atoms with Gasteiger partial charge in [0.1, 0.15) is 5.82 Å². The molecule has 0 aromatic heterocycles. The summed E-state index contributed by atoms with van der Waals surface area (Å²) in [6.45, 7) is 6.39. The van der Waals surface area contributed by atoms with Crippen molar-refractivity contribution >= 4 is 15.9 Å². The number of hydrogen-bond donors (Lipinski definition) is 1. The van der Waals surface area contributed by atoms with E-state index in [0.29, 0.717) is 5.41 Å². The Morgan fingerprint density at radius 3 is 2.62 bits per heavy atom. The van der Waals surface area contributed by atoms with Crippen LogP contribution in [0.25, 0.3) is 0 Å². The van der Waals surface area contributed by atoms with Gasteiger partial charge in [0.05, 0.1) is 11.7 Å². The van der Waals surface area contributed by atoms with E-state index in [1.54, 1.807) is 0 Å². The monoisotopic (exact) mass is 355 g/mol. The SMILES string of the molecule is CC1(C)CCC2(CC1)CNCC(c1ccc(F)cc1Br)O2. The molecule has 1 aliphatic carbocycles. The Balaban J connectivity index is 1.77. The Bertz CT molecular complexity index is 522. The normalized spacial score (nSPS) is 27.7. The predicted octanol–water partition coefficient (Wildman–Crippen LogP) is 4.59. The van der Waals surface area contributed by atoms with E-state index in [1.807, 2.05) is 6.07 Å². The van der Waals surface area contributed by atoms with Crippen molar-refractivity contribution in [2.45, 2.75) is 51.2 Å². The van der Waals surface area contributed by atoms with Gasteiger partial charge >= 0.3 is 0 Å². The van der Waals surface area contributed by atoms with Crippen molar-refractivity contribution in [1.82, 2.24) is 5.32 Å². The van der Waals surface area contributed by atoms with E-state index in [0.717, 1.165) is 36.0 Å². The Morgan fingerprint density at radius 2 is 1.95 bits per heavy atom. The second-order valence-electron chi connectivity index (χ2n) is 7.25. The summed E-state index contributed by atoms with van der Waals surface area (Å²) in [6, 6.07) is 4.86. The molecule has 4 heteroatoms. The zero-order valence-electron chi connectivity index (χ0n) is 12.7. The maximum absolute atomic E-state index is 13.3. The fourth-order valence-electron chi connectivity index (χ4n) is 3.43. The molecule has 21 heavy (non-hydrogen) atoms. The first-order valence-corrected chi connectivity index (χ1v) is 8.52. The van der Waals surface area contributed by atoms with Crippen LogP contribution in [0.2, 0.25) is 0 Å². The van der Waals surface area contributed by atoms with Crippen molar-refractivity contribution < 1.29 is 9.13 Å². The quantitative estimate of drug-likeness (QED) is 0.795. The molecule has 1 unspecified atom stereocenters. The van der Waals surface area contributed by atoms with E-state index >= 15 is 0 Å². The van der Waals surface area contributed by atoms with Crippen molar-refractivity contribution in [2.24, 2.45) is 5.41 Å². The zero-order valence-corrected chi connectivity index (χ0v) is 14.3. The van der Waals surface area contributed by atoms with E-state index in [9.17, 15) is 4.39 Å². The van der Waals surface area contributed by atoms with Crippen molar-refractivity contribution in [3.8, 4) is 0 Å². The average molecular weight is 356 g/mol. The summed E-state index contributed by atoms with van der Waals surface area (Å²) >= 11 is 3.47. The van der Waals surface area contributed by atoms with Gasteiger partial charge in [-0.05, 0) is 48.8 Å². The molecule has 1 N–H and O–H groups in total. The maximum Gasteiger partial charge on any atom is 0.124 e. The molecule has 3 rings (SSSR count). The van der Waals surface area contributed by atoms with Crippen LogP contribution in [0.15, 0.2) is 22.7 Å².